The Morgan fingerprint density at radius 2 is 0.694 bits per heavy atom. The third kappa shape index (κ3) is 28.7. The van der Waals surface area contributed by atoms with Crippen LogP contribution in [0.25, 0.3) is 0 Å². The first-order valence-electron chi connectivity index (χ1n) is 25.6. The molecule has 0 fully saturated rings. The van der Waals surface area contributed by atoms with Gasteiger partial charge in [0.2, 0.25) is 53.2 Å². The molecule has 0 heterocycles. The van der Waals surface area contributed by atoms with Crippen LogP contribution in [0.3, 0.4) is 0 Å². The molecule has 0 aliphatic carbocycles. The van der Waals surface area contributed by atoms with Gasteiger partial charge in [0.15, 0.2) is 5.78 Å². The van der Waals surface area contributed by atoms with E-state index in [2.05, 4.69) is 47.9 Å². The lowest BCUT2D eigenvalue weighted by atomic mass is 9.84. The van der Waals surface area contributed by atoms with Gasteiger partial charge in [-0.25, -0.2) is 0 Å². The summed E-state index contributed by atoms with van der Waals surface area (Å²) in [6.07, 6.45) is 4.62. The van der Waals surface area contributed by atoms with Crippen LogP contribution in [0.4, 0.5) is 0 Å². The third-order valence-electron chi connectivity index (χ3n) is 11.4. The minimum absolute atomic E-state index is 0.0228. The molecule has 23 nitrogen and oxygen atoms in total. The van der Waals surface area contributed by atoms with Crippen LogP contribution in [0.15, 0.2) is 0 Å². The van der Waals surface area contributed by atoms with Crippen molar-refractivity contribution in [2.75, 3.05) is 26.2 Å². The molecule has 9 atom stereocenters. The van der Waals surface area contributed by atoms with Gasteiger partial charge in [0.05, 0.1) is 18.1 Å². The van der Waals surface area contributed by atoms with Crippen LogP contribution in [0.1, 0.15) is 160 Å². The molecule has 0 bridgehead atoms. The number of hydrogen-bond donors (Lipinski definition) is 13. The minimum Gasteiger partial charge on any atom is -0.355 e. The second kappa shape index (κ2) is 34.2. The summed E-state index contributed by atoms with van der Waals surface area (Å²) in [5, 5.41) is 24.1. The van der Waals surface area contributed by atoms with Crippen LogP contribution < -0.4 is 70.8 Å². The van der Waals surface area contributed by atoms with Crippen molar-refractivity contribution in [3.63, 3.8) is 0 Å². The SMILES string of the molecule is CC(N)C(=O)NCCCCC(NC(=O)C(C)NC(=O)C(C)NC(=O)C(CCCCN)NC(=O)CC(C)(C)C)C(=O)NC(CCCCNC(=O)C(C)N)C(=O)NC(C)C(=O)NC(CCCCN)C(=O)C(C)(C)C. The molecule has 0 saturated heterocycles. The van der Waals surface area contributed by atoms with E-state index in [1.807, 2.05) is 20.8 Å². The summed E-state index contributed by atoms with van der Waals surface area (Å²) in [4.78, 5) is 132. The molecule has 0 saturated carbocycles. The predicted octanol–water partition coefficient (Wildman–Crippen LogP) is -0.984. The van der Waals surface area contributed by atoms with Crippen LogP contribution in [0.2, 0.25) is 0 Å². The van der Waals surface area contributed by atoms with Gasteiger partial charge in [-0.2, -0.15) is 0 Å². The van der Waals surface area contributed by atoms with E-state index in [1.165, 1.54) is 34.6 Å². The molecule has 72 heavy (non-hydrogen) atoms. The molecule has 0 aliphatic heterocycles. The Bertz CT molecular complexity index is 1770. The fourth-order valence-corrected chi connectivity index (χ4v) is 7.03. The number of nitrogens with one attached hydrogen (secondary N) is 9. The molecule has 23 heteroatoms. The van der Waals surface area contributed by atoms with Gasteiger partial charge in [-0.05, 0) is 130 Å². The lowest BCUT2D eigenvalue weighted by Gasteiger charge is -2.28. The van der Waals surface area contributed by atoms with Gasteiger partial charge in [-0.1, -0.05) is 41.5 Å². The van der Waals surface area contributed by atoms with E-state index in [9.17, 15) is 47.9 Å². The van der Waals surface area contributed by atoms with E-state index in [0.29, 0.717) is 70.9 Å². The molecule has 0 aromatic rings. The summed E-state index contributed by atoms with van der Waals surface area (Å²) < 4.78 is 0. The summed E-state index contributed by atoms with van der Waals surface area (Å²) in [6, 6.07) is -9.32. The summed E-state index contributed by atoms with van der Waals surface area (Å²) >= 11 is 0. The molecule has 0 aliphatic rings. The first-order valence-corrected chi connectivity index (χ1v) is 25.6. The van der Waals surface area contributed by atoms with Crippen molar-refractivity contribution in [1.29, 1.82) is 0 Å². The van der Waals surface area contributed by atoms with E-state index in [-0.39, 0.29) is 67.7 Å². The van der Waals surface area contributed by atoms with E-state index >= 15 is 0 Å². The fourth-order valence-electron chi connectivity index (χ4n) is 7.03. The Morgan fingerprint density at radius 3 is 1.06 bits per heavy atom. The number of amides is 9. The number of rotatable bonds is 35. The number of hydrogen-bond acceptors (Lipinski definition) is 14. The maximum Gasteiger partial charge on any atom is 0.243 e. The van der Waals surface area contributed by atoms with Crippen molar-refractivity contribution in [2.45, 2.75) is 214 Å². The van der Waals surface area contributed by atoms with E-state index in [4.69, 9.17) is 22.9 Å². The molecule has 9 amide bonds. The van der Waals surface area contributed by atoms with Crippen molar-refractivity contribution < 1.29 is 47.9 Å². The average molecular weight is 1020 g/mol. The molecule has 414 valence electrons. The van der Waals surface area contributed by atoms with Crippen LogP contribution in [0, 0.1) is 10.8 Å². The average Bonchev–Trinajstić information content (AvgIpc) is 3.27. The van der Waals surface area contributed by atoms with Gasteiger partial charge in [0.25, 0.3) is 0 Å². The smallest absolute Gasteiger partial charge is 0.243 e. The van der Waals surface area contributed by atoms with Crippen LogP contribution >= 0.6 is 0 Å². The minimum atomic E-state index is -1.27. The van der Waals surface area contributed by atoms with Gasteiger partial charge in [-0.3, -0.25) is 47.9 Å². The first-order chi connectivity index (χ1) is 33.4. The number of unbranched alkanes of at least 4 members (excludes halogenated alkanes) is 4. The monoisotopic (exact) mass is 1020 g/mol. The predicted molar refractivity (Wildman–Crippen MR) is 276 cm³/mol. The number of carbonyl (C=O) groups excluding carboxylic acids is 10. The van der Waals surface area contributed by atoms with Crippen molar-refractivity contribution in [3.05, 3.63) is 0 Å². The normalized spacial score (nSPS) is 15.3. The summed E-state index contributed by atoms with van der Waals surface area (Å²) in [6.45, 7) is 19.5. The molecular weight excluding hydrogens is 931 g/mol. The summed E-state index contributed by atoms with van der Waals surface area (Å²) in [5.74, 6) is -5.49. The second-order valence-corrected chi connectivity index (χ2v) is 21.1. The topological polar surface area (TPSA) is 383 Å². The van der Waals surface area contributed by atoms with Gasteiger partial charge in [0, 0.05) is 24.9 Å². The Hall–Kier alpha value is -5.26. The summed E-state index contributed by atoms with van der Waals surface area (Å²) in [5.41, 5.74) is 21.5. The molecule has 0 aromatic carbocycles. The molecule has 17 N–H and O–H groups in total. The number of nitrogens with two attached hydrogens (primary N) is 4. The van der Waals surface area contributed by atoms with Crippen LogP contribution in [0.5, 0.6) is 0 Å². The Labute approximate surface area is 427 Å². The fraction of sp³-hybridized carbons (Fsp3) is 0.796. The van der Waals surface area contributed by atoms with Gasteiger partial charge in [0.1, 0.15) is 36.3 Å². The molecule has 0 spiro atoms. The Balaban J connectivity index is 6.43. The van der Waals surface area contributed by atoms with E-state index < -0.39 is 95.2 Å². The number of ketones is 1. The van der Waals surface area contributed by atoms with Crippen LogP contribution in [-0.4, -0.2) is 140 Å². The third-order valence-corrected chi connectivity index (χ3v) is 11.4. The Kier molecular flexibility index (Phi) is 31.7. The van der Waals surface area contributed by atoms with Gasteiger partial charge >= 0.3 is 0 Å². The molecule has 9 unspecified atom stereocenters. The molecule has 0 radical (unpaired) electrons. The zero-order valence-corrected chi connectivity index (χ0v) is 45.1. The molecule has 0 rings (SSSR count). The zero-order chi connectivity index (χ0) is 55.4. The maximum atomic E-state index is 14.2. The highest BCUT2D eigenvalue weighted by Crippen LogP contribution is 2.20. The Morgan fingerprint density at radius 1 is 0.389 bits per heavy atom. The van der Waals surface area contributed by atoms with Crippen molar-refractivity contribution in [2.24, 2.45) is 33.8 Å². The number of carbonyl (C=O) groups is 10. The second-order valence-electron chi connectivity index (χ2n) is 21.1. The van der Waals surface area contributed by atoms with Gasteiger partial charge < -0.3 is 70.8 Å². The van der Waals surface area contributed by atoms with Gasteiger partial charge in [-0.15, -0.1) is 0 Å². The molecular formula is C49H93N13O10. The highest BCUT2D eigenvalue weighted by molar-refractivity contribution is 5.98. The largest absolute Gasteiger partial charge is 0.355 e. The van der Waals surface area contributed by atoms with Crippen molar-refractivity contribution in [1.82, 2.24) is 47.9 Å². The first kappa shape index (κ1) is 66.7. The van der Waals surface area contributed by atoms with Crippen LogP contribution in [-0.2, 0) is 47.9 Å². The standard InChI is InChI=1S/C49H93N13O10/c1-29(52)40(65)54-26-18-14-22-36(46(71)58-33(5)43(68)60-34(20-12-16-24-50)39(64)49(9,10)11)62-47(72)37(23-15-19-27-55-41(66)30(2)53)61-44(69)32(4)56-42(67)31(3)57-45(70)35(21-13-17-25-51)59-38(63)28-48(6,7)8/h29-37H,12-28,50-53H2,1-11H3,(H,54,65)(H,55,66)(H,56,67)(H,57,70)(H,58,71)(H,59,63)(H,60,68)(H,61,69)(H,62,72). The van der Waals surface area contributed by atoms with Crippen molar-refractivity contribution in [3.8, 4) is 0 Å². The number of Topliss-reactive ketones (excluding diaryl/α,β-unsaturated/α-hetero) is 1. The van der Waals surface area contributed by atoms with E-state index in [0.717, 1.165) is 0 Å². The van der Waals surface area contributed by atoms with Crippen molar-refractivity contribution >= 4 is 58.9 Å². The zero-order valence-electron chi connectivity index (χ0n) is 45.1. The summed E-state index contributed by atoms with van der Waals surface area (Å²) in [7, 11) is 0. The molecule has 0 aromatic heterocycles. The lowest BCUT2D eigenvalue weighted by Crippen LogP contribution is -2.59. The van der Waals surface area contributed by atoms with E-state index in [1.54, 1.807) is 20.8 Å². The lowest BCUT2D eigenvalue weighted by molar-refractivity contribution is -0.136. The maximum absolute atomic E-state index is 14.2. The highest BCUT2D eigenvalue weighted by Gasteiger charge is 2.34. The highest BCUT2D eigenvalue weighted by atomic mass is 16.2. The quantitative estimate of drug-likeness (QED) is 0.0340.